The molecule has 2 aromatic heterocycles. The van der Waals surface area contributed by atoms with E-state index >= 15 is 0 Å². The number of fused-ring (bicyclic) bond motifs is 1. The predicted octanol–water partition coefficient (Wildman–Crippen LogP) is 2.31. The quantitative estimate of drug-likeness (QED) is 0.381. The third-order valence-electron chi connectivity index (χ3n) is 4.04. The summed E-state index contributed by atoms with van der Waals surface area (Å²) in [6, 6.07) is 7.18. The molecule has 0 spiro atoms. The largest absolute Gasteiger partial charge is 0.480 e. The lowest BCUT2D eigenvalue weighted by molar-refractivity contribution is -0.120. The van der Waals surface area contributed by atoms with Crippen LogP contribution in [0.15, 0.2) is 34.2 Å². The fourth-order valence-electron chi connectivity index (χ4n) is 2.59. The van der Waals surface area contributed by atoms with Gasteiger partial charge in [0.25, 0.3) is 5.56 Å². The Labute approximate surface area is 165 Å². The fraction of sp³-hybridized carbons (Fsp3) is 0.200. The monoisotopic (exact) mass is 394 g/mol. The zero-order chi connectivity index (χ0) is 20.1. The Kier molecular flexibility index (Phi) is 5.87. The van der Waals surface area contributed by atoms with E-state index in [0.29, 0.717) is 27.4 Å². The zero-order valence-corrected chi connectivity index (χ0v) is 16.2. The number of hydrogen-bond acceptors (Lipinski definition) is 6. The summed E-state index contributed by atoms with van der Waals surface area (Å²) in [4.78, 5) is 33.1. The van der Waals surface area contributed by atoms with Crippen molar-refractivity contribution < 1.29 is 9.53 Å². The highest BCUT2D eigenvalue weighted by Crippen LogP contribution is 2.25. The first-order chi connectivity index (χ1) is 13.5. The molecule has 2 N–H and O–H groups in total. The minimum atomic E-state index is -0.397. The van der Waals surface area contributed by atoms with E-state index in [9.17, 15) is 9.59 Å². The minimum absolute atomic E-state index is 0.0895. The van der Waals surface area contributed by atoms with Crippen LogP contribution in [0.2, 0.25) is 0 Å². The maximum Gasteiger partial charge on any atom is 0.259 e. The molecule has 0 aliphatic heterocycles. The molecule has 7 nitrogen and oxygen atoms in total. The van der Waals surface area contributed by atoms with Gasteiger partial charge in [-0.25, -0.2) is 10.4 Å². The average molecular weight is 394 g/mol. The molecule has 0 saturated heterocycles. The minimum Gasteiger partial charge on any atom is -0.480 e. The van der Waals surface area contributed by atoms with Gasteiger partial charge in [-0.05, 0) is 31.5 Å². The summed E-state index contributed by atoms with van der Waals surface area (Å²) in [6.45, 7) is 3.96. The third-order valence-corrected chi connectivity index (χ3v) is 5.14. The number of benzene rings is 1. The summed E-state index contributed by atoms with van der Waals surface area (Å²) < 4.78 is 5.42. The molecule has 28 heavy (non-hydrogen) atoms. The van der Waals surface area contributed by atoms with E-state index in [1.54, 1.807) is 12.1 Å². The lowest BCUT2D eigenvalue weighted by Gasteiger charge is -2.05. The van der Waals surface area contributed by atoms with Crippen molar-refractivity contribution in [2.45, 2.75) is 20.3 Å². The van der Waals surface area contributed by atoms with Gasteiger partial charge in [0.05, 0.1) is 18.0 Å². The van der Waals surface area contributed by atoms with Crippen molar-refractivity contribution in [3.05, 3.63) is 56.4 Å². The van der Waals surface area contributed by atoms with Crippen molar-refractivity contribution in [3.8, 4) is 18.1 Å². The predicted molar refractivity (Wildman–Crippen MR) is 110 cm³/mol. The maximum absolute atomic E-state index is 12.3. The van der Waals surface area contributed by atoms with E-state index in [-0.39, 0.29) is 18.6 Å². The molecule has 0 bridgehead atoms. The van der Waals surface area contributed by atoms with E-state index in [0.717, 1.165) is 10.4 Å². The van der Waals surface area contributed by atoms with E-state index in [4.69, 9.17) is 11.2 Å². The number of H-pyrrole nitrogens is 1. The Bertz CT molecular complexity index is 1150. The van der Waals surface area contributed by atoms with E-state index in [2.05, 4.69) is 26.4 Å². The highest BCUT2D eigenvalue weighted by molar-refractivity contribution is 7.18. The number of aromatic nitrogens is 2. The molecule has 8 heteroatoms. The van der Waals surface area contributed by atoms with E-state index in [1.807, 2.05) is 26.0 Å². The summed E-state index contributed by atoms with van der Waals surface area (Å²) in [7, 11) is 0. The lowest BCUT2D eigenvalue weighted by Crippen LogP contribution is -2.23. The van der Waals surface area contributed by atoms with Crippen LogP contribution in [0.4, 0.5) is 0 Å². The molecular weight excluding hydrogens is 376 g/mol. The third kappa shape index (κ3) is 4.27. The Morgan fingerprint density at radius 2 is 2.21 bits per heavy atom. The molecule has 0 atom stereocenters. The lowest BCUT2D eigenvalue weighted by atomic mass is 10.2. The molecule has 0 aliphatic carbocycles. The summed E-state index contributed by atoms with van der Waals surface area (Å²) >= 11 is 1.44. The van der Waals surface area contributed by atoms with Gasteiger partial charge < -0.3 is 9.72 Å². The molecule has 2 heterocycles. The second-order valence-electron chi connectivity index (χ2n) is 5.98. The molecule has 1 amide bonds. The summed E-state index contributed by atoms with van der Waals surface area (Å²) in [5.74, 6) is 2.86. The highest BCUT2D eigenvalue weighted by atomic mass is 32.1. The summed E-state index contributed by atoms with van der Waals surface area (Å²) in [5.41, 5.74) is 3.78. The van der Waals surface area contributed by atoms with Gasteiger partial charge in [-0.2, -0.15) is 5.10 Å². The number of carbonyl (C=O) groups is 1. The number of aromatic amines is 1. The van der Waals surface area contributed by atoms with Gasteiger partial charge in [-0.15, -0.1) is 17.8 Å². The number of rotatable bonds is 6. The first-order valence-electron chi connectivity index (χ1n) is 8.45. The van der Waals surface area contributed by atoms with Crippen LogP contribution in [0.25, 0.3) is 10.2 Å². The summed E-state index contributed by atoms with van der Waals surface area (Å²) in [5, 5.41) is 4.51. The number of hydrazone groups is 1. The van der Waals surface area contributed by atoms with Crippen molar-refractivity contribution in [2.24, 2.45) is 5.10 Å². The van der Waals surface area contributed by atoms with Crippen LogP contribution < -0.4 is 15.7 Å². The van der Waals surface area contributed by atoms with Crippen LogP contribution in [0, 0.1) is 26.2 Å². The zero-order valence-electron chi connectivity index (χ0n) is 15.4. The van der Waals surface area contributed by atoms with Crippen molar-refractivity contribution in [1.82, 2.24) is 15.4 Å². The second-order valence-corrected chi connectivity index (χ2v) is 7.18. The van der Waals surface area contributed by atoms with E-state index < -0.39 is 5.91 Å². The van der Waals surface area contributed by atoms with Crippen molar-refractivity contribution in [3.63, 3.8) is 0 Å². The van der Waals surface area contributed by atoms with Gasteiger partial charge in [0, 0.05) is 10.4 Å². The van der Waals surface area contributed by atoms with Crippen LogP contribution in [0.1, 0.15) is 21.8 Å². The van der Waals surface area contributed by atoms with Gasteiger partial charge in [-0.1, -0.05) is 18.1 Å². The number of thiophene rings is 1. The average Bonchev–Trinajstić information content (AvgIpc) is 2.95. The molecule has 3 rings (SSSR count). The number of amides is 1. The number of aryl methyl sites for hydroxylation is 2. The molecule has 0 fully saturated rings. The van der Waals surface area contributed by atoms with Crippen LogP contribution >= 0.6 is 11.3 Å². The SMILES string of the molecule is C#CCOc1ccccc1/C=N\NC(=O)Cc1nc2sc(C)c(C)c2c(=O)[nH]1. The van der Waals surface area contributed by atoms with Crippen LogP contribution in [-0.4, -0.2) is 28.7 Å². The topological polar surface area (TPSA) is 96.4 Å². The van der Waals surface area contributed by atoms with Crippen molar-refractivity contribution >= 4 is 33.7 Å². The van der Waals surface area contributed by atoms with Gasteiger partial charge >= 0.3 is 0 Å². The van der Waals surface area contributed by atoms with Crippen molar-refractivity contribution in [1.29, 1.82) is 0 Å². The first kappa shape index (κ1) is 19.3. The number of hydrogen-bond donors (Lipinski definition) is 2. The number of carbonyl (C=O) groups excluding carboxylic acids is 1. The number of nitrogens with one attached hydrogen (secondary N) is 2. The van der Waals surface area contributed by atoms with Gasteiger partial charge in [0.15, 0.2) is 0 Å². The smallest absolute Gasteiger partial charge is 0.259 e. The number of terminal acetylenes is 1. The fourth-order valence-corrected chi connectivity index (χ4v) is 3.64. The van der Waals surface area contributed by atoms with Gasteiger partial charge in [0.1, 0.15) is 23.0 Å². The van der Waals surface area contributed by atoms with Crippen LogP contribution in [0.3, 0.4) is 0 Å². The molecular formula is C20H18N4O3S. The maximum atomic E-state index is 12.3. The van der Waals surface area contributed by atoms with Crippen LogP contribution in [0.5, 0.6) is 5.75 Å². The molecule has 0 unspecified atom stereocenters. The summed E-state index contributed by atoms with van der Waals surface area (Å²) in [6.07, 6.45) is 6.58. The molecule has 142 valence electrons. The molecule has 1 aromatic carbocycles. The number of nitrogens with zero attached hydrogens (tertiary/aromatic N) is 2. The molecule has 0 saturated carbocycles. The Morgan fingerprint density at radius 1 is 1.43 bits per heavy atom. The number of para-hydroxylation sites is 1. The van der Waals surface area contributed by atoms with Crippen LogP contribution in [-0.2, 0) is 11.2 Å². The molecule has 3 aromatic rings. The number of ether oxygens (including phenoxy) is 1. The molecule has 0 aliphatic rings. The highest BCUT2D eigenvalue weighted by Gasteiger charge is 2.13. The Balaban J connectivity index is 1.68. The second kappa shape index (κ2) is 8.50. The first-order valence-corrected chi connectivity index (χ1v) is 9.27. The normalized spacial score (nSPS) is 10.9. The van der Waals surface area contributed by atoms with Gasteiger partial charge in [0.2, 0.25) is 5.91 Å². The standard InChI is InChI=1S/C20H18N4O3S/c1-4-9-27-15-8-6-5-7-14(15)11-21-24-17(25)10-16-22-19(26)18-12(2)13(3)28-20(18)23-16/h1,5-8,11H,9-10H2,2-3H3,(H,24,25)(H,22,23,26)/b21-11-. The van der Waals surface area contributed by atoms with E-state index in [1.165, 1.54) is 17.6 Å². The van der Waals surface area contributed by atoms with Crippen molar-refractivity contribution in [2.75, 3.05) is 6.61 Å². The Morgan fingerprint density at radius 3 is 3.00 bits per heavy atom. The Hall–Kier alpha value is -3.44. The molecule has 0 radical (unpaired) electrons. The van der Waals surface area contributed by atoms with Gasteiger partial charge in [-0.3, -0.25) is 9.59 Å².